The first-order chi connectivity index (χ1) is 7.38. The van der Waals surface area contributed by atoms with Gasteiger partial charge in [0.15, 0.2) is 0 Å². The molecule has 15 heavy (non-hydrogen) atoms. The molecule has 0 atom stereocenters. The Bertz CT molecular complexity index is 329. The van der Waals surface area contributed by atoms with Crippen LogP contribution < -0.4 is 4.74 Å². The predicted molar refractivity (Wildman–Crippen MR) is 59.1 cm³/mol. The molecule has 0 aromatic heterocycles. The fraction of sp³-hybridized carbons (Fsp3) is 0.462. The minimum absolute atomic E-state index is 0.423. The molecular formula is C13H16O2. The second-order valence-corrected chi connectivity index (χ2v) is 4.02. The molecule has 2 rings (SSSR count). The highest BCUT2D eigenvalue weighted by atomic mass is 16.5. The average molecular weight is 204 g/mol. The van der Waals surface area contributed by atoms with Crippen molar-refractivity contribution in [1.82, 2.24) is 0 Å². The van der Waals surface area contributed by atoms with Gasteiger partial charge in [0.1, 0.15) is 12.0 Å². The van der Waals surface area contributed by atoms with E-state index in [1.807, 2.05) is 24.3 Å². The highest BCUT2D eigenvalue weighted by Gasteiger charge is 2.18. The summed E-state index contributed by atoms with van der Waals surface area (Å²) in [5.41, 5.74) is 1.18. The first-order valence-electron chi connectivity index (χ1n) is 5.58. The zero-order valence-electron chi connectivity index (χ0n) is 8.82. The van der Waals surface area contributed by atoms with E-state index >= 15 is 0 Å². The van der Waals surface area contributed by atoms with Gasteiger partial charge in [-0.1, -0.05) is 12.1 Å². The van der Waals surface area contributed by atoms with E-state index in [1.54, 1.807) is 0 Å². The number of hydrogen-bond acceptors (Lipinski definition) is 2. The lowest BCUT2D eigenvalue weighted by molar-refractivity contribution is -0.107. The molecule has 1 aliphatic rings. The van der Waals surface area contributed by atoms with E-state index in [9.17, 15) is 4.79 Å². The van der Waals surface area contributed by atoms with Gasteiger partial charge < -0.3 is 9.53 Å². The van der Waals surface area contributed by atoms with Gasteiger partial charge in [-0.15, -0.1) is 0 Å². The Hall–Kier alpha value is -1.31. The maximum atomic E-state index is 10.3. The largest absolute Gasteiger partial charge is 0.490 e. The minimum Gasteiger partial charge on any atom is -0.490 e. The van der Waals surface area contributed by atoms with Gasteiger partial charge in [-0.3, -0.25) is 0 Å². The van der Waals surface area contributed by atoms with Crippen LogP contribution in [0.3, 0.4) is 0 Å². The summed E-state index contributed by atoms with van der Waals surface area (Å²) in [5, 5.41) is 0. The molecule has 0 aliphatic heterocycles. The van der Waals surface area contributed by atoms with Crippen molar-refractivity contribution in [1.29, 1.82) is 0 Å². The van der Waals surface area contributed by atoms with E-state index < -0.39 is 0 Å². The number of carbonyl (C=O) groups excluding carboxylic acids is 1. The Balaban J connectivity index is 1.94. The summed E-state index contributed by atoms with van der Waals surface area (Å²) in [6.07, 6.45) is 6.43. The third-order valence-electron chi connectivity index (χ3n) is 2.80. The molecule has 0 bridgehead atoms. The molecule has 2 nitrogen and oxygen atoms in total. The Labute approximate surface area is 90.3 Å². The van der Waals surface area contributed by atoms with Gasteiger partial charge in [-0.25, -0.2) is 0 Å². The Morgan fingerprint density at radius 1 is 1.40 bits per heavy atom. The molecule has 1 aliphatic carbocycles. The van der Waals surface area contributed by atoms with Crippen molar-refractivity contribution < 1.29 is 9.53 Å². The van der Waals surface area contributed by atoms with E-state index in [1.165, 1.54) is 24.8 Å². The zero-order valence-corrected chi connectivity index (χ0v) is 8.82. The lowest BCUT2D eigenvalue weighted by Crippen LogP contribution is -2.24. The van der Waals surface area contributed by atoms with E-state index in [0.717, 1.165) is 18.5 Å². The molecule has 1 aromatic rings. The molecule has 0 heterocycles. The molecular weight excluding hydrogens is 188 g/mol. The van der Waals surface area contributed by atoms with Crippen molar-refractivity contribution >= 4 is 6.29 Å². The Morgan fingerprint density at radius 2 is 2.27 bits per heavy atom. The lowest BCUT2D eigenvalue weighted by atomic mass is 9.96. The minimum atomic E-state index is 0.423. The number of aldehydes is 1. The molecule has 0 amide bonds. The predicted octanol–water partition coefficient (Wildman–Crippen LogP) is 2.75. The van der Waals surface area contributed by atoms with Crippen molar-refractivity contribution in [3.63, 3.8) is 0 Å². The van der Waals surface area contributed by atoms with Crippen molar-refractivity contribution in [3.05, 3.63) is 29.8 Å². The van der Waals surface area contributed by atoms with Crippen LogP contribution in [0.4, 0.5) is 0 Å². The van der Waals surface area contributed by atoms with Crippen molar-refractivity contribution in [2.45, 2.75) is 38.2 Å². The molecule has 0 radical (unpaired) electrons. The number of aryl methyl sites for hydroxylation is 1. The van der Waals surface area contributed by atoms with Crippen LogP contribution in [0.5, 0.6) is 5.75 Å². The van der Waals surface area contributed by atoms with Gasteiger partial charge in [0.25, 0.3) is 0 Å². The SMILES string of the molecule is O=CCCc1cccc(OC2CCC2)c1. The number of ether oxygens (including phenoxy) is 1. The zero-order chi connectivity index (χ0) is 10.5. The van der Waals surface area contributed by atoms with Crippen LogP contribution in [0.15, 0.2) is 24.3 Å². The molecule has 0 unspecified atom stereocenters. The van der Waals surface area contributed by atoms with Crippen LogP contribution in [0, 0.1) is 0 Å². The number of benzene rings is 1. The third kappa shape index (κ3) is 2.82. The smallest absolute Gasteiger partial charge is 0.120 e. The highest BCUT2D eigenvalue weighted by molar-refractivity contribution is 5.50. The monoisotopic (exact) mass is 204 g/mol. The van der Waals surface area contributed by atoms with Crippen LogP contribution in [-0.4, -0.2) is 12.4 Å². The average Bonchev–Trinajstić information content (AvgIpc) is 2.21. The first kappa shape index (κ1) is 10.2. The summed E-state index contributed by atoms with van der Waals surface area (Å²) in [6, 6.07) is 8.07. The van der Waals surface area contributed by atoms with Crippen molar-refractivity contribution in [2.75, 3.05) is 0 Å². The van der Waals surface area contributed by atoms with Crippen molar-refractivity contribution in [2.24, 2.45) is 0 Å². The van der Waals surface area contributed by atoms with Gasteiger partial charge in [0, 0.05) is 6.42 Å². The molecule has 0 N–H and O–H groups in total. The van der Waals surface area contributed by atoms with Gasteiger partial charge in [-0.05, 0) is 43.4 Å². The third-order valence-corrected chi connectivity index (χ3v) is 2.80. The maximum Gasteiger partial charge on any atom is 0.120 e. The standard InChI is InChI=1S/C13H16O2/c14-9-3-5-11-4-1-8-13(10-11)15-12-6-2-7-12/h1,4,8-10,12H,2-3,5-7H2. The molecule has 80 valence electrons. The van der Waals surface area contributed by atoms with Gasteiger partial charge in [0.05, 0.1) is 6.10 Å². The lowest BCUT2D eigenvalue weighted by Gasteiger charge is -2.26. The summed E-state index contributed by atoms with van der Waals surface area (Å²) < 4.78 is 5.78. The Morgan fingerprint density at radius 3 is 2.93 bits per heavy atom. The summed E-state index contributed by atoms with van der Waals surface area (Å²) in [5.74, 6) is 0.947. The topological polar surface area (TPSA) is 26.3 Å². The van der Waals surface area contributed by atoms with Crippen LogP contribution in [0.25, 0.3) is 0 Å². The number of carbonyl (C=O) groups is 1. The van der Waals surface area contributed by atoms with Crippen molar-refractivity contribution in [3.8, 4) is 5.75 Å². The normalized spacial score (nSPS) is 15.7. The number of hydrogen-bond donors (Lipinski definition) is 0. The van der Waals surface area contributed by atoms with Crippen LogP contribution in [-0.2, 0) is 11.2 Å². The molecule has 1 fully saturated rings. The van der Waals surface area contributed by atoms with Gasteiger partial charge in [-0.2, -0.15) is 0 Å². The molecule has 1 aromatic carbocycles. The second kappa shape index (κ2) is 4.96. The quantitative estimate of drug-likeness (QED) is 0.689. The second-order valence-electron chi connectivity index (χ2n) is 4.02. The van der Waals surface area contributed by atoms with E-state index in [4.69, 9.17) is 4.74 Å². The summed E-state index contributed by atoms with van der Waals surface area (Å²) in [4.78, 5) is 10.3. The molecule has 0 saturated heterocycles. The number of rotatable bonds is 5. The van der Waals surface area contributed by atoms with Crippen LogP contribution >= 0.6 is 0 Å². The molecule has 1 saturated carbocycles. The Kier molecular flexibility index (Phi) is 3.38. The summed E-state index contributed by atoms with van der Waals surface area (Å²) in [7, 11) is 0. The van der Waals surface area contributed by atoms with Gasteiger partial charge in [0.2, 0.25) is 0 Å². The highest BCUT2D eigenvalue weighted by Crippen LogP contribution is 2.25. The fourth-order valence-corrected chi connectivity index (χ4v) is 1.68. The van der Waals surface area contributed by atoms with Crippen LogP contribution in [0.1, 0.15) is 31.2 Å². The molecule has 2 heteroatoms. The van der Waals surface area contributed by atoms with Gasteiger partial charge >= 0.3 is 0 Å². The molecule has 0 spiro atoms. The summed E-state index contributed by atoms with van der Waals surface area (Å²) in [6.45, 7) is 0. The summed E-state index contributed by atoms with van der Waals surface area (Å²) >= 11 is 0. The van der Waals surface area contributed by atoms with E-state index in [2.05, 4.69) is 0 Å². The first-order valence-corrected chi connectivity index (χ1v) is 5.58. The van der Waals surface area contributed by atoms with E-state index in [-0.39, 0.29) is 0 Å². The fourth-order valence-electron chi connectivity index (χ4n) is 1.68. The van der Waals surface area contributed by atoms with E-state index in [0.29, 0.717) is 12.5 Å². The van der Waals surface area contributed by atoms with Crippen LogP contribution in [0.2, 0.25) is 0 Å². The maximum absolute atomic E-state index is 10.3.